The molecule has 2 aromatic rings. The van der Waals surface area contributed by atoms with Crippen LogP contribution >= 0.6 is 0 Å². The Morgan fingerprint density at radius 1 is 1.17 bits per heavy atom. The summed E-state index contributed by atoms with van der Waals surface area (Å²) in [7, 11) is 0. The molecule has 2 aromatic carbocycles. The fourth-order valence-corrected chi connectivity index (χ4v) is 3.95. The number of benzene rings is 2. The average Bonchev–Trinajstić information content (AvgIpc) is 3.26. The highest BCUT2D eigenvalue weighted by Crippen LogP contribution is 2.35. The second-order valence-electron chi connectivity index (χ2n) is 7.62. The van der Waals surface area contributed by atoms with Crippen LogP contribution in [0.5, 0.6) is 0 Å². The lowest BCUT2D eigenvalue weighted by atomic mass is 9.85. The first-order valence-electron chi connectivity index (χ1n) is 10.2. The predicted octanol–water partition coefficient (Wildman–Crippen LogP) is 3.94. The fourth-order valence-electron chi connectivity index (χ4n) is 3.95. The van der Waals surface area contributed by atoms with E-state index in [2.05, 4.69) is 23.2 Å². The quantitative estimate of drug-likeness (QED) is 0.401. The first-order chi connectivity index (χ1) is 13.9. The monoisotopic (exact) mass is 394 g/mol. The Kier molecular flexibility index (Phi) is 6.11. The Balaban J connectivity index is 2.04. The van der Waals surface area contributed by atoms with E-state index in [0.717, 1.165) is 36.3 Å². The summed E-state index contributed by atoms with van der Waals surface area (Å²) in [6.45, 7) is 6.01. The molecular formula is C23H30N4O2. The van der Waals surface area contributed by atoms with Gasteiger partial charge in [0.25, 0.3) is 0 Å². The number of hydrogen-bond donors (Lipinski definition) is 4. The summed E-state index contributed by atoms with van der Waals surface area (Å²) in [6.07, 6.45) is 3.58. The second kappa shape index (κ2) is 8.55. The maximum Gasteiger partial charge on any atom is 0.334 e. The van der Waals surface area contributed by atoms with Crippen LogP contribution < -0.4 is 16.0 Å². The second-order valence-corrected chi connectivity index (χ2v) is 7.62. The summed E-state index contributed by atoms with van der Waals surface area (Å²) in [6, 6.07) is 13.2. The first-order valence-corrected chi connectivity index (χ1v) is 10.2. The van der Waals surface area contributed by atoms with E-state index in [0.29, 0.717) is 17.7 Å². The minimum Gasteiger partial charge on any atom is -0.479 e. The highest BCUT2D eigenvalue weighted by atomic mass is 16.4. The minimum absolute atomic E-state index is 0.0116. The Labute approximate surface area is 172 Å². The van der Waals surface area contributed by atoms with Gasteiger partial charge in [-0.05, 0) is 73.2 Å². The number of aliphatic carboxylic acids is 1. The van der Waals surface area contributed by atoms with Crippen molar-refractivity contribution in [3.63, 3.8) is 0 Å². The molecule has 1 aliphatic rings. The van der Waals surface area contributed by atoms with Gasteiger partial charge in [-0.15, -0.1) is 0 Å². The molecule has 1 unspecified atom stereocenters. The van der Waals surface area contributed by atoms with Gasteiger partial charge in [-0.2, -0.15) is 0 Å². The van der Waals surface area contributed by atoms with Crippen LogP contribution in [0.25, 0.3) is 0 Å². The summed E-state index contributed by atoms with van der Waals surface area (Å²) < 4.78 is 0. The number of anilines is 2. The van der Waals surface area contributed by atoms with E-state index in [1.165, 1.54) is 12.8 Å². The van der Waals surface area contributed by atoms with Crippen LogP contribution in [0.1, 0.15) is 49.8 Å². The molecule has 5 N–H and O–H groups in total. The SMILES string of the molecule is CCc1cc(N2CCCC2)cc(C(CC)(Nc2ccc(C(=N)N)cc2)C(=O)O)c1. The van der Waals surface area contributed by atoms with Crippen molar-refractivity contribution < 1.29 is 9.90 Å². The molecule has 1 heterocycles. The smallest absolute Gasteiger partial charge is 0.334 e. The third-order valence-electron chi connectivity index (χ3n) is 5.80. The molecule has 6 nitrogen and oxygen atoms in total. The number of hydrogen-bond acceptors (Lipinski definition) is 4. The number of carboxylic acids is 1. The summed E-state index contributed by atoms with van der Waals surface area (Å²) in [5.74, 6) is -0.918. The zero-order valence-electron chi connectivity index (χ0n) is 17.2. The Hall–Kier alpha value is -3.02. The van der Waals surface area contributed by atoms with Crippen molar-refractivity contribution in [3.05, 3.63) is 59.2 Å². The maximum absolute atomic E-state index is 12.5. The normalized spacial score (nSPS) is 15.7. The summed E-state index contributed by atoms with van der Waals surface area (Å²) in [4.78, 5) is 14.9. The van der Waals surface area contributed by atoms with Crippen LogP contribution in [0.3, 0.4) is 0 Å². The Bertz CT molecular complexity index is 888. The lowest BCUT2D eigenvalue weighted by Gasteiger charge is -2.33. The predicted molar refractivity (Wildman–Crippen MR) is 118 cm³/mol. The van der Waals surface area contributed by atoms with Gasteiger partial charge in [-0.25, -0.2) is 4.79 Å². The molecule has 0 bridgehead atoms. The van der Waals surface area contributed by atoms with Gasteiger partial charge in [0, 0.05) is 30.0 Å². The largest absolute Gasteiger partial charge is 0.479 e. The van der Waals surface area contributed by atoms with Crippen molar-refractivity contribution in [2.24, 2.45) is 5.73 Å². The van der Waals surface area contributed by atoms with Gasteiger partial charge < -0.3 is 21.1 Å². The van der Waals surface area contributed by atoms with Crippen molar-refractivity contribution in [2.75, 3.05) is 23.3 Å². The van der Waals surface area contributed by atoms with E-state index in [4.69, 9.17) is 11.1 Å². The number of carbonyl (C=O) groups is 1. The van der Waals surface area contributed by atoms with Crippen LogP contribution in [-0.2, 0) is 16.8 Å². The number of nitrogens with zero attached hydrogens (tertiary/aromatic N) is 1. The Morgan fingerprint density at radius 3 is 2.34 bits per heavy atom. The standard InChI is InChI=1S/C23H30N4O2/c1-3-16-13-18(15-20(14-16)27-11-5-6-12-27)23(4-2,22(28)29)26-19-9-7-17(8-10-19)21(24)25/h7-10,13-15,26H,3-6,11-12H2,1-2H3,(H3,24,25)(H,28,29). The molecule has 29 heavy (non-hydrogen) atoms. The van der Waals surface area contributed by atoms with Crippen molar-refractivity contribution in [1.82, 2.24) is 0 Å². The van der Waals surface area contributed by atoms with Crippen molar-refractivity contribution >= 4 is 23.2 Å². The zero-order valence-corrected chi connectivity index (χ0v) is 17.2. The molecule has 0 spiro atoms. The minimum atomic E-state index is -1.24. The molecular weight excluding hydrogens is 364 g/mol. The van der Waals surface area contributed by atoms with Crippen LogP contribution in [0, 0.1) is 5.41 Å². The van der Waals surface area contributed by atoms with Crippen molar-refractivity contribution in [1.29, 1.82) is 5.41 Å². The number of rotatable bonds is 8. The lowest BCUT2D eigenvalue weighted by molar-refractivity contribution is -0.142. The highest BCUT2D eigenvalue weighted by Gasteiger charge is 2.39. The first kappa shape index (κ1) is 20.7. The number of nitrogens with one attached hydrogen (secondary N) is 2. The third kappa shape index (κ3) is 4.21. The molecule has 6 heteroatoms. The number of carboxylic acid groups (broad SMARTS) is 1. The maximum atomic E-state index is 12.5. The van der Waals surface area contributed by atoms with E-state index in [1.807, 2.05) is 19.1 Å². The van der Waals surface area contributed by atoms with Gasteiger partial charge in [0.2, 0.25) is 0 Å². The van der Waals surface area contributed by atoms with Crippen molar-refractivity contribution in [2.45, 2.75) is 45.1 Å². The molecule has 1 fully saturated rings. The van der Waals surface area contributed by atoms with Gasteiger partial charge in [0.15, 0.2) is 5.54 Å². The molecule has 0 radical (unpaired) electrons. The molecule has 3 rings (SSSR count). The van der Waals surface area contributed by atoms with Gasteiger partial charge in [0.1, 0.15) is 5.84 Å². The molecule has 0 aromatic heterocycles. The van der Waals surface area contributed by atoms with E-state index in [1.54, 1.807) is 24.3 Å². The lowest BCUT2D eigenvalue weighted by Crippen LogP contribution is -2.43. The number of nitrogen functional groups attached to an aromatic ring is 1. The summed E-state index contributed by atoms with van der Waals surface area (Å²) in [5, 5.41) is 21.1. The van der Waals surface area contributed by atoms with Crippen LogP contribution in [0.15, 0.2) is 42.5 Å². The van der Waals surface area contributed by atoms with E-state index < -0.39 is 11.5 Å². The van der Waals surface area contributed by atoms with Crippen molar-refractivity contribution in [3.8, 4) is 0 Å². The topological polar surface area (TPSA) is 102 Å². The van der Waals surface area contributed by atoms with Crippen LogP contribution in [-0.4, -0.2) is 30.0 Å². The molecule has 0 amide bonds. The highest BCUT2D eigenvalue weighted by molar-refractivity contribution is 5.95. The van der Waals surface area contributed by atoms with Gasteiger partial charge in [-0.1, -0.05) is 19.9 Å². The molecule has 1 atom stereocenters. The van der Waals surface area contributed by atoms with Crippen LogP contribution in [0.2, 0.25) is 0 Å². The van der Waals surface area contributed by atoms with Crippen LogP contribution in [0.4, 0.5) is 11.4 Å². The number of amidine groups is 1. The zero-order chi connectivity index (χ0) is 21.0. The molecule has 1 aliphatic heterocycles. The Morgan fingerprint density at radius 2 is 1.83 bits per heavy atom. The van der Waals surface area contributed by atoms with E-state index in [9.17, 15) is 9.90 Å². The van der Waals surface area contributed by atoms with Gasteiger partial charge in [0.05, 0.1) is 0 Å². The molecule has 154 valence electrons. The van der Waals surface area contributed by atoms with Gasteiger partial charge in [-0.3, -0.25) is 5.41 Å². The average molecular weight is 395 g/mol. The number of aryl methyl sites for hydroxylation is 1. The summed E-state index contributed by atoms with van der Waals surface area (Å²) >= 11 is 0. The number of nitrogens with two attached hydrogens (primary N) is 1. The third-order valence-corrected chi connectivity index (χ3v) is 5.80. The molecule has 1 saturated heterocycles. The fraction of sp³-hybridized carbons (Fsp3) is 0.391. The van der Waals surface area contributed by atoms with E-state index >= 15 is 0 Å². The van der Waals surface area contributed by atoms with Gasteiger partial charge >= 0.3 is 5.97 Å². The van der Waals surface area contributed by atoms with E-state index in [-0.39, 0.29) is 5.84 Å². The molecule has 0 aliphatic carbocycles. The molecule has 0 saturated carbocycles. The summed E-state index contributed by atoms with van der Waals surface area (Å²) in [5.41, 5.74) is 8.59.